The van der Waals surface area contributed by atoms with E-state index in [4.69, 9.17) is 0 Å². The number of carbonyl (C=O) groups excluding carboxylic acids is 1. The van der Waals surface area contributed by atoms with E-state index < -0.39 is 0 Å². The SMILES string of the molecule is CCC1CCC(CN2CNC3(CCCC3)C2=O)CC1. The lowest BCUT2D eigenvalue weighted by molar-refractivity contribution is -0.132. The van der Waals surface area contributed by atoms with Gasteiger partial charge in [0.1, 0.15) is 0 Å². The monoisotopic (exact) mass is 264 g/mol. The fourth-order valence-electron chi connectivity index (χ4n) is 4.35. The van der Waals surface area contributed by atoms with Crippen molar-refractivity contribution in [2.75, 3.05) is 13.2 Å². The summed E-state index contributed by atoms with van der Waals surface area (Å²) < 4.78 is 0. The average molecular weight is 264 g/mol. The van der Waals surface area contributed by atoms with Crippen molar-refractivity contribution < 1.29 is 4.79 Å². The van der Waals surface area contributed by atoms with Gasteiger partial charge in [-0.15, -0.1) is 0 Å². The number of hydrogen-bond acceptors (Lipinski definition) is 2. The smallest absolute Gasteiger partial charge is 0.243 e. The largest absolute Gasteiger partial charge is 0.328 e. The summed E-state index contributed by atoms with van der Waals surface area (Å²) in [5.41, 5.74) is -0.152. The van der Waals surface area contributed by atoms with Crippen LogP contribution in [-0.2, 0) is 4.79 Å². The molecule has 3 rings (SSSR count). The summed E-state index contributed by atoms with van der Waals surface area (Å²) in [6, 6.07) is 0. The maximum atomic E-state index is 12.6. The molecule has 3 heteroatoms. The minimum Gasteiger partial charge on any atom is -0.328 e. The number of nitrogens with one attached hydrogen (secondary N) is 1. The fourth-order valence-corrected chi connectivity index (χ4v) is 4.35. The average Bonchev–Trinajstić information content (AvgIpc) is 3.03. The number of rotatable bonds is 3. The van der Waals surface area contributed by atoms with Gasteiger partial charge in [0.2, 0.25) is 5.91 Å². The minimum atomic E-state index is -0.152. The Hall–Kier alpha value is -0.570. The van der Waals surface area contributed by atoms with Crippen LogP contribution in [0.4, 0.5) is 0 Å². The third-order valence-corrected chi connectivity index (χ3v) is 5.78. The van der Waals surface area contributed by atoms with E-state index in [1.54, 1.807) is 0 Å². The maximum Gasteiger partial charge on any atom is 0.243 e. The molecule has 1 amide bonds. The number of nitrogens with zero attached hydrogens (tertiary/aromatic N) is 1. The Labute approximate surface area is 117 Å². The van der Waals surface area contributed by atoms with Gasteiger partial charge in [0.15, 0.2) is 0 Å². The molecule has 108 valence electrons. The fraction of sp³-hybridized carbons (Fsp3) is 0.938. The topological polar surface area (TPSA) is 32.3 Å². The highest BCUT2D eigenvalue weighted by atomic mass is 16.2. The molecule has 0 bridgehead atoms. The second-order valence-corrected chi connectivity index (χ2v) is 6.95. The van der Waals surface area contributed by atoms with Gasteiger partial charge in [0, 0.05) is 6.54 Å². The van der Waals surface area contributed by atoms with Gasteiger partial charge in [-0.3, -0.25) is 10.1 Å². The lowest BCUT2D eigenvalue weighted by Gasteiger charge is -2.31. The molecular weight excluding hydrogens is 236 g/mol. The zero-order chi connectivity index (χ0) is 13.3. The van der Waals surface area contributed by atoms with Crippen molar-refractivity contribution in [3.63, 3.8) is 0 Å². The van der Waals surface area contributed by atoms with Gasteiger partial charge < -0.3 is 4.90 Å². The second kappa shape index (κ2) is 5.43. The van der Waals surface area contributed by atoms with Gasteiger partial charge in [0.05, 0.1) is 12.2 Å². The van der Waals surface area contributed by atoms with Crippen molar-refractivity contribution in [2.24, 2.45) is 11.8 Å². The first-order valence-electron chi connectivity index (χ1n) is 8.28. The van der Waals surface area contributed by atoms with E-state index >= 15 is 0 Å². The molecule has 0 aromatic carbocycles. The van der Waals surface area contributed by atoms with Crippen LogP contribution in [-0.4, -0.2) is 29.6 Å². The van der Waals surface area contributed by atoms with E-state index in [0.29, 0.717) is 5.91 Å². The molecule has 1 saturated heterocycles. The van der Waals surface area contributed by atoms with Crippen molar-refractivity contribution >= 4 is 5.91 Å². The van der Waals surface area contributed by atoms with Crippen LogP contribution in [0.3, 0.4) is 0 Å². The summed E-state index contributed by atoms with van der Waals surface area (Å²) >= 11 is 0. The zero-order valence-corrected chi connectivity index (χ0v) is 12.3. The highest BCUT2D eigenvalue weighted by Crippen LogP contribution is 2.36. The van der Waals surface area contributed by atoms with Crippen LogP contribution in [0.15, 0.2) is 0 Å². The summed E-state index contributed by atoms with van der Waals surface area (Å²) in [5.74, 6) is 2.11. The van der Waals surface area contributed by atoms with Crippen LogP contribution in [0.5, 0.6) is 0 Å². The molecule has 1 heterocycles. The summed E-state index contributed by atoms with van der Waals surface area (Å²) in [5, 5.41) is 3.52. The van der Waals surface area contributed by atoms with Crippen LogP contribution < -0.4 is 5.32 Å². The molecule has 3 nitrogen and oxygen atoms in total. The quantitative estimate of drug-likeness (QED) is 0.850. The van der Waals surface area contributed by atoms with E-state index in [9.17, 15) is 4.79 Å². The molecule has 2 saturated carbocycles. The Morgan fingerprint density at radius 3 is 2.42 bits per heavy atom. The van der Waals surface area contributed by atoms with Crippen LogP contribution in [0.25, 0.3) is 0 Å². The number of hydrogen-bond donors (Lipinski definition) is 1. The summed E-state index contributed by atoms with van der Waals surface area (Å²) in [7, 11) is 0. The highest BCUT2D eigenvalue weighted by Gasteiger charge is 2.48. The third kappa shape index (κ3) is 2.54. The predicted octanol–water partition coefficient (Wildman–Crippen LogP) is 2.90. The zero-order valence-electron chi connectivity index (χ0n) is 12.3. The Morgan fingerprint density at radius 2 is 1.79 bits per heavy atom. The van der Waals surface area contributed by atoms with E-state index in [2.05, 4.69) is 17.1 Å². The Bertz CT molecular complexity index is 328. The van der Waals surface area contributed by atoms with E-state index in [0.717, 1.165) is 37.9 Å². The van der Waals surface area contributed by atoms with E-state index in [1.165, 1.54) is 44.9 Å². The lowest BCUT2D eigenvalue weighted by atomic mass is 9.80. The molecule has 1 spiro atoms. The van der Waals surface area contributed by atoms with Crippen molar-refractivity contribution in [1.29, 1.82) is 0 Å². The van der Waals surface area contributed by atoms with Gasteiger partial charge in [-0.05, 0) is 37.5 Å². The maximum absolute atomic E-state index is 12.6. The number of carbonyl (C=O) groups is 1. The molecular formula is C16H28N2O. The lowest BCUT2D eigenvalue weighted by Crippen LogP contribution is -2.44. The van der Waals surface area contributed by atoms with Crippen LogP contribution in [0, 0.1) is 11.8 Å². The van der Waals surface area contributed by atoms with Gasteiger partial charge in [-0.2, -0.15) is 0 Å². The first-order valence-corrected chi connectivity index (χ1v) is 8.28. The van der Waals surface area contributed by atoms with Gasteiger partial charge in [0.25, 0.3) is 0 Å². The first kappa shape index (κ1) is 13.4. The van der Waals surface area contributed by atoms with Crippen LogP contribution in [0.2, 0.25) is 0 Å². The normalized spacial score (nSPS) is 34.4. The minimum absolute atomic E-state index is 0.152. The predicted molar refractivity (Wildman–Crippen MR) is 76.7 cm³/mol. The summed E-state index contributed by atoms with van der Waals surface area (Å²) in [6.45, 7) is 4.11. The van der Waals surface area contributed by atoms with Crippen LogP contribution in [0.1, 0.15) is 64.7 Å². The van der Waals surface area contributed by atoms with Crippen molar-refractivity contribution in [1.82, 2.24) is 10.2 Å². The molecule has 0 aromatic heterocycles. The third-order valence-electron chi connectivity index (χ3n) is 5.78. The first-order chi connectivity index (χ1) is 9.23. The van der Waals surface area contributed by atoms with Gasteiger partial charge >= 0.3 is 0 Å². The van der Waals surface area contributed by atoms with Gasteiger partial charge in [-0.1, -0.05) is 39.0 Å². The molecule has 0 atom stereocenters. The molecule has 3 fully saturated rings. The number of amides is 1. The summed E-state index contributed by atoms with van der Waals surface area (Å²) in [4.78, 5) is 14.7. The molecule has 3 aliphatic rings. The summed E-state index contributed by atoms with van der Waals surface area (Å²) in [6.07, 6.45) is 11.3. The molecule has 1 aliphatic heterocycles. The van der Waals surface area contributed by atoms with Crippen molar-refractivity contribution in [3.8, 4) is 0 Å². The Morgan fingerprint density at radius 1 is 1.16 bits per heavy atom. The van der Waals surface area contributed by atoms with E-state index in [1.807, 2.05) is 0 Å². The van der Waals surface area contributed by atoms with Gasteiger partial charge in [-0.25, -0.2) is 0 Å². The Balaban J connectivity index is 1.53. The molecule has 0 aromatic rings. The van der Waals surface area contributed by atoms with E-state index in [-0.39, 0.29) is 5.54 Å². The molecule has 19 heavy (non-hydrogen) atoms. The van der Waals surface area contributed by atoms with Crippen molar-refractivity contribution in [2.45, 2.75) is 70.3 Å². The highest BCUT2D eigenvalue weighted by molar-refractivity contribution is 5.88. The second-order valence-electron chi connectivity index (χ2n) is 6.95. The van der Waals surface area contributed by atoms with Crippen molar-refractivity contribution in [3.05, 3.63) is 0 Å². The van der Waals surface area contributed by atoms with Crippen LogP contribution >= 0.6 is 0 Å². The standard InChI is InChI=1S/C16H28N2O/c1-2-13-5-7-14(8-6-13)11-18-12-17-16(15(18)19)9-3-4-10-16/h13-14,17H,2-12H2,1H3. The molecule has 0 radical (unpaired) electrons. The molecule has 2 aliphatic carbocycles. The molecule has 0 unspecified atom stereocenters. The Kier molecular flexibility index (Phi) is 3.84. The molecule has 1 N–H and O–H groups in total.